The van der Waals surface area contributed by atoms with Crippen LogP contribution in [0.1, 0.15) is 0 Å². The van der Waals surface area contributed by atoms with Crippen LogP contribution in [-0.2, 0) is 0 Å². The van der Waals surface area contributed by atoms with Gasteiger partial charge in [-0.05, 0) is 16.9 Å². The molecule has 0 spiro atoms. The van der Waals surface area contributed by atoms with Crippen LogP contribution in [0.25, 0.3) is 0 Å². The van der Waals surface area contributed by atoms with Crippen molar-refractivity contribution in [2.45, 2.75) is 0 Å². The van der Waals surface area contributed by atoms with Crippen molar-refractivity contribution in [1.82, 2.24) is 0 Å². The van der Waals surface area contributed by atoms with E-state index in [2.05, 4.69) is 0 Å². The molecule has 0 unspecified atom stereocenters. The average Bonchev–Trinajstić information content (AvgIpc) is 2.14. The average molecular weight is 143 g/mol. The zero-order chi connectivity index (χ0) is 6.85. The van der Waals surface area contributed by atoms with Crippen LogP contribution in [0.2, 0.25) is 0 Å². The van der Waals surface area contributed by atoms with Gasteiger partial charge in [0.1, 0.15) is 0 Å². The molecular formula is C4H6BNO2S. The molecule has 48 valence electrons. The highest BCUT2D eigenvalue weighted by molar-refractivity contribution is 7.15. The molecule has 1 rings (SSSR count). The van der Waals surface area contributed by atoms with Gasteiger partial charge in [0.15, 0.2) is 0 Å². The molecule has 4 N–H and O–H groups in total. The standard InChI is InChI=1S/C4H6BNO2S/c6-4-1-3(2-9-4)5(7)8/h1-2,7-8H,6H2. The molecule has 3 nitrogen and oxygen atoms in total. The van der Waals surface area contributed by atoms with E-state index in [9.17, 15) is 0 Å². The van der Waals surface area contributed by atoms with Gasteiger partial charge < -0.3 is 15.8 Å². The number of anilines is 1. The van der Waals surface area contributed by atoms with Crippen LogP contribution in [0.3, 0.4) is 0 Å². The highest BCUT2D eigenvalue weighted by Crippen LogP contribution is 2.07. The summed E-state index contributed by atoms with van der Waals surface area (Å²) < 4.78 is 0. The summed E-state index contributed by atoms with van der Waals surface area (Å²) in [5.74, 6) is 0. The van der Waals surface area contributed by atoms with Gasteiger partial charge in [-0.3, -0.25) is 0 Å². The molecule has 1 aromatic heterocycles. The Labute approximate surface area is 56.9 Å². The molecule has 0 fully saturated rings. The summed E-state index contributed by atoms with van der Waals surface area (Å²) in [7, 11) is -1.39. The third kappa shape index (κ3) is 1.44. The first-order chi connectivity index (χ1) is 4.20. The Balaban J connectivity index is 2.85. The maximum absolute atomic E-state index is 8.54. The van der Waals surface area contributed by atoms with Crippen molar-refractivity contribution in [3.8, 4) is 0 Å². The van der Waals surface area contributed by atoms with Gasteiger partial charge in [-0.2, -0.15) is 0 Å². The molecule has 0 saturated heterocycles. The van der Waals surface area contributed by atoms with Gasteiger partial charge in [-0.1, -0.05) is 0 Å². The molecule has 0 aliphatic heterocycles. The van der Waals surface area contributed by atoms with E-state index in [1.807, 2.05) is 0 Å². The Hall–Kier alpha value is -0.515. The SMILES string of the molecule is Nc1cc(B(O)O)cs1. The van der Waals surface area contributed by atoms with Crippen LogP contribution in [0, 0.1) is 0 Å². The second-order valence-corrected chi connectivity index (χ2v) is 2.60. The lowest BCUT2D eigenvalue weighted by Gasteiger charge is -1.88. The normalized spacial score (nSPS) is 9.56. The number of hydrogen-bond donors (Lipinski definition) is 3. The van der Waals surface area contributed by atoms with Gasteiger partial charge in [0.2, 0.25) is 0 Å². The maximum Gasteiger partial charge on any atom is 0.489 e. The van der Waals surface area contributed by atoms with E-state index in [-0.39, 0.29) is 0 Å². The molecule has 0 aliphatic rings. The second kappa shape index (κ2) is 2.39. The predicted octanol–water partition coefficient (Wildman–Crippen LogP) is -0.990. The van der Waals surface area contributed by atoms with Crippen molar-refractivity contribution >= 4 is 28.9 Å². The van der Waals surface area contributed by atoms with Crippen LogP contribution in [0.4, 0.5) is 5.00 Å². The zero-order valence-corrected chi connectivity index (χ0v) is 5.43. The van der Waals surface area contributed by atoms with E-state index in [4.69, 9.17) is 15.8 Å². The van der Waals surface area contributed by atoms with E-state index in [0.717, 1.165) is 0 Å². The minimum atomic E-state index is -1.39. The first-order valence-electron chi connectivity index (χ1n) is 2.40. The molecule has 0 bridgehead atoms. The molecule has 1 aromatic rings. The van der Waals surface area contributed by atoms with Crippen molar-refractivity contribution in [2.75, 3.05) is 5.73 Å². The fourth-order valence-electron chi connectivity index (χ4n) is 0.504. The van der Waals surface area contributed by atoms with Crippen LogP contribution in [-0.4, -0.2) is 17.2 Å². The Kier molecular flexibility index (Phi) is 1.75. The number of nitrogens with two attached hydrogens (primary N) is 1. The van der Waals surface area contributed by atoms with Gasteiger partial charge in [0.05, 0.1) is 5.00 Å². The largest absolute Gasteiger partial charge is 0.489 e. The minimum absolute atomic E-state index is 0.456. The van der Waals surface area contributed by atoms with Crippen molar-refractivity contribution in [2.24, 2.45) is 0 Å². The Bertz CT molecular complexity index is 200. The molecule has 0 amide bonds. The van der Waals surface area contributed by atoms with Crippen molar-refractivity contribution in [3.63, 3.8) is 0 Å². The zero-order valence-electron chi connectivity index (χ0n) is 4.61. The molecule has 0 aromatic carbocycles. The molecule has 9 heavy (non-hydrogen) atoms. The van der Waals surface area contributed by atoms with E-state index in [1.165, 1.54) is 17.4 Å². The first-order valence-corrected chi connectivity index (χ1v) is 3.28. The lowest BCUT2D eigenvalue weighted by molar-refractivity contribution is 0.426. The van der Waals surface area contributed by atoms with Gasteiger partial charge >= 0.3 is 7.12 Å². The second-order valence-electron chi connectivity index (χ2n) is 1.66. The van der Waals surface area contributed by atoms with Crippen molar-refractivity contribution < 1.29 is 10.0 Å². The smallest absolute Gasteiger partial charge is 0.423 e. The van der Waals surface area contributed by atoms with Crippen molar-refractivity contribution in [1.29, 1.82) is 0 Å². The van der Waals surface area contributed by atoms with Crippen LogP contribution >= 0.6 is 11.3 Å². The fourth-order valence-corrected chi connectivity index (χ4v) is 1.17. The molecule has 5 heteroatoms. The van der Waals surface area contributed by atoms with Crippen LogP contribution in [0.5, 0.6) is 0 Å². The van der Waals surface area contributed by atoms with E-state index in [1.54, 1.807) is 5.38 Å². The molecule has 0 aliphatic carbocycles. The highest BCUT2D eigenvalue weighted by atomic mass is 32.1. The molecule has 0 saturated carbocycles. The predicted molar refractivity (Wildman–Crippen MR) is 38.6 cm³/mol. The summed E-state index contributed by atoms with van der Waals surface area (Å²) >= 11 is 1.29. The topological polar surface area (TPSA) is 66.5 Å². The number of rotatable bonds is 1. The monoisotopic (exact) mass is 143 g/mol. The Morgan fingerprint density at radius 3 is 2.44 bits per heavy atom. The lowest BCUT2D eigenvalue weighted by atomic mass is 9.83. The van der Waals surface area contributed by atoms with E-state index < -0.39 is 7.12 Å². The van der Waals surface area contributed by atoms with Gasteiger partial charge in [-0.25, -0.2) is 0 Å². The third-order valence-corrected chi connectivity index (χ3v) is 1.72. The maximum atomic E-state index is 8.54. The van der Waals surface area contributed by atoms with Gasteiger partial charge in [0.25, 0.3) is 0 Å². The van der Waals surface area contributed by atoms with E-state index in [0.29, 0.717) is 10.5 Å². The highest BCUT2D eigenvalue weighted by Gasteiger charge is 2.11. The summed E-state index contributed by atoms with van der Waals surface area (Å²) in [6, 6.07) is 1.54. The fraction of sp³-hybridized carbons (Fsp3) is 0. The van der Waals surface area contributed by atoms with Crippen molar-refractivity contribution in [3.05, 3.63) is 11.4 Å². The molecule has 0 radical (unpaired) electrons. The number of nitrogen functional groups attached to an aromatic ring is 1. The summed E-state index contributed by atoms with van der Waals surface area (Å²) in [4.78, 5) is 0. The van der Waals surface area contributed by atoms with Gasteiger partial charge in [0, 0.05) is 0 Å². The number of hydrogen-bond acceptors (Lipinski definition) is 4. The molecular weight excluding hydrogens is 137 g/mol. The van der Waals surface area contributed by atoms with Crippen LogP contribution < -0.4 is 11.2 Å². The number of thiophene rings is 1. The summed E-state index contributed by atoms with van der Waals surface area (Å²) in [6.07, 6.45) is 0. The third-order valence-electron chi connectivity index (χ3n) is 0.938. The van der Waals surface area contributed by atoms with Gasteiger partial charge in [-0.15, -0.1) is 11.3 Å². The summed E-state index contributed by atoms with van der Waals surface area (Å²) in [6.45, 7) is 0. The molecule has 0 atom stereocenters. The summed E-state index contributed by atoms with van der Waals surface area (Å²) in [5, 5.41) is 19.3. The summed E-state index contributed by atoms with van der Waals surface area (Å²) in [5.41, 5.74) is 5.77. The first kappa shape index (κ1) is 6.60. The minimum Gasteiger partial charge on any atom is -0.423 e. The Morgan fingerprint density at radius 1 is 1.56 bits per heavy atom. The quantitative estimate of drug-likeness (QED) is 0.442. The van der Waals surface area contributed by atoms with Crippen LogP contribution in [0.15, 0.2) is 11.4 Å². The molecule has 1 heterocycles. The van der Waals surface area contributed by atoms with E-state index >= 15 is 0 Å². The Morgan fingerprint density at radius 2 is 2.22 bits per heavy atom. The lowest BCUT2D eigenvalue weighted by Crippen LogP contribution is -2.27.